The highest BCUT2D eigenvalue weighted by molar-refractivity contribution is 5.73. The summed E-state index contributed by atoms with van der Waals surface area (Å²) in [7, 11) is 0. The molecule has 2 heterocycles. The molecule has 1 N–H and O–H groups in total. The molecule has 0 spiro atoms. The molecule has 0 aliphatic carbocycles. The van der Waals surface area contributed by atoms with Gasteiger partial charge in [0.1, 0.15) is 5.82 Å². The molecule has 2 rings (SSSR count). The Balaban J connectivity index is 2.28. The molecule has 2 aromatic heterocycles. The van der Waals surface area contributed by atoms with Gasteiger partial charge in [0, 0.05) is 30.6 Å². The summed E-state index contributed by atoms with van der Waals surface area (Å²) in [5.74, 6) is -0.336. The third-order valence-corrected chi connectivity index (χ3v) is 2.84. The predicted molar refractivity (Wildman–Crippen MR) is 70.4 cm³/mol. The highest BCUT2D eigenvalue weighted by Gasteiger charge is 2.28. The molecule has 5 nitrogen and oxygen atoms in total. The largest absolute Gasteiger partial charge is 0.481 e. The normalized spacial score (nSPS) is 11.3. The van der Waals surface area contributed by atoms with Gasteiger partial charge in [-0.15, -0.1) is 0 Å². The minimum absolute atomic E-state index is 0.288. The van der Waals surface area contributed by atoms with E-state index in [1.807, 2.05) is 12.1 Å². The molecule has 0 radical (unpaired) electrons. The number of aliphatic carboxylic acids is 1. The zero-order chi connectivity index (χ0) is 13.9. The molecule has 19 heavy (non-hydrogen) atoms. The van der Waals surface area contributed by atoms with Gasteiger partial charge in [-0.25, -0.2) is 9.97 Å². The molecule has 2 aromatic rings. The second kappa shape index (κ2) is 5.14. The zero-order valence-corrected chi connectivity index (χ0v) is 10.9. The highest BCUT2D eigenvalue weighted by Crippen LogP contribution is 2.21. The molecule has 0 saturated carbocycles. The first-order valence-corrected chi connectivity index (χ1v) is 5.95. The van der Waals surface area contributed by atoms with Crippen LogP contribution in [0.5, 0.6) is 0 Å². The monoisotopic (exact) mass is 257 g/mol. The van der Waals surface area contributed by atoms with Crippen LogP contribution in [0, 0.1) is 5.41 Å². The smallest absolute Gasteiger partial charge is 0.309 e. The van der Waals surface area contributed by atoms with E-state index in [9.17, 15) is 4.79 Å². The Bertz CT molecular complexity index is 582. The molecule has 0 unspecified atom stereocenters. The molecule has 0 aromatic carbocycles. The fourth-order valence-electron chi connectivity index (χ4n) is 1.63. The van der Waals surface area contributed by atoms with Crippen molar-refractivity contribution in [3.05, 3.63) is 42.6 Å². The van der Waals surface area contributed by atoms with E-state index in [0.29, 0.717) is 5.82 Å². The quantitative estimate of drug-likeness (QED) is 0.908. The molecular weight excluding hydrogens is 242 g/mol. The second-order valence-corrected chi connectivity index (χ2v) is 4.97. The van der Waals surface area contributed by atoms with E-state index in [0.717, 1.165) is 11.3 Å². The summed E-state index contributed by atoms with van der Waals surface area (Å²) in [6.07, 6.45) is 5.34. The van der Waals surface area contributed by atoms with Crippen molar-refractivity contribution in [1.29, 1.82) is 0 Å². The first-order valence-electron chi connectivity index (χ1n) is 5.95. The van der Waals surface area contributed by atoms with Gasteiger partial charge in [-0.05, 0) is 32.0 Å². The maximum atomic E-state index is 11.1. The lowest BCUT2D eigenvalue weighted by molar-refractivity contribution is -0.146. The van der Waals surface area contributed by atoms with Crippen LogP contribution in [0.15, 0.2) is 36.8 Å². The topological polar surface area (TPSA) is 76.0 Å². The Morgan fingerprint density at radius 2 is 2.11 bits per heavy atom. The van der Waals surface area contributed by atoms with Crippen molar-refractivity contribution in [3.8, 4) is 11.3 Å². The van der Waals surface area contributed by atoms with Crippen LogP contribution in [0.3, 0.4) is 0 Å². The number of aromatic nitrogens is 3. The van der Waals surface area contributed by atoms with Crippen molar-refractivity contribution >= 4 is 5.97 Å². The van der Waals surface area contributed by atoms with Crippen LogP contribution in [0.25, 0.3) is 11.3 Å². The highest BCUT2D eigenvalue weighted by atomic mass is 16.4. The van der Waals surface area contributed by atoms with Gasteiger partial charge in [0.15, 0.2) is 0 Å². The van der Waals surface area contributed by atoms with E-state index < -0.39 is 11.4 Å². The van der Waals surface area contributed by atoms with E-state index in [1.54, 1.807) is 38.5 Å². The summed E-state index contributed by atoms with van der Waals surface area (Å²) < 4.78 is 0. The number of nitrogens with zero attached hydrogens (tertiary/aromatic N) is 3. The van der Waals surface area contributed by atoms with E-state index in [-0.39, 0.29) is 6.42 Å². The van der Waals surface area contributed by atoms with Crippen LogP contribution < -0.4 is 0 Å². The molecule has 0 fully saturated rings. The van der Waals surface area contributed by atoms with E-state index in [4.69, 9.17) is 5.11 Å². The lowest BCUT2D eigenvalue weighted by Crippen LogP contribution is -2.27. The van der Waals surface area contributed by atoms with Gasteiger partial charge in [0.05, 0.1) is 11.1 Å². The SMILES string of the molecule is CC(C)(Cc1nccc(-c2cccnc2)n1)C(=O)O. The van der Waals surface area contributed by atoms with Crippen molar-refractivity contribution in [1.82, 2.24) is 15.0 Å². The first kappa shape index (κ1) is 13.1. The third kappa shape index (κ3) is 3.13. The number of carboxylic acid groups (broad SMARTS) is 1. The maximum Gasteiger partial charge on any atom is 0.309 e. The molecule has 98 valence electrons. The Labute approximate surface area is 111 Å². The average molecular weight is 257 g/mol. The Kier molecular flexibility index (Phi) is 3.55. The molecule has 0 aliphatic heterocycles. The number of rotatable bonds is 4. The van der Waals surface area contributed by atoms with Gasteiger partial charge in [0.2, 0.25) is 0 Å². The first-order chi connectivity index (χ1) is 8.99. The predicted octanol–water partition coefficient (Wildman–Crippen LogP) is 2.19. The summed E-state index contributed by atoms with van der Waals surface area (Å²) in [5, 5.41) is 9.12. The third-order valence-electron chi connectivity index (χ3n) is 2.84. The van der Waals surface area contributed by atoms with Crippen LogP contribution in [-0.4, -0.2) is 26.0 Å². The summed E-state index contributed by atoms with van der Waals surface area (Å²) in [6.45, 7) is 3.32. The zero-order valence-electron chi connectivity index (χ0n) is 10.9. The number of hydrogen-bond donors (Lipinski definition) is 1. The van der Waals surface area contributed by atoms with Gasteiger partial charge in [-0.1, -0.05) is 0 Å². The molecular formula is C14H15N3O2. The minimum atomic E-state index is -0.881. The van der Waals surface area contributed by atoms with Crippen molar-refractivity contribution in [2.45, 2.75) is 20.3 Å². The number of carbonyl (C=O) groups is 1. The van der Waals surface area contributed by atoms with Crippen LogP contribution in [0.1, 0.15) is 19.7 Å². The van der Waals surface area contributed by atoms with Crippen molar-refractivity contribution in [3.63, 3.8) is 0 Å². The van der Waals surface area contributed by atoms with E-state index in [2.05, 4.69) is 15.0 Å². The van der Waals surface area contributed by atoms with Crippen molar-refractivity contribution < 1.29 is 9.90 Å². The fraction of sp³-hybridized carbons (Fsp3) is 0.286. The molecule has 5 heteroatoms. The lowest BCUT2D eigenvalue weighted by atomic mass is 9.89. The molecule has 0 atom stereocenters. The summed E-state index contributed by atoms with van der Waals surface area (Å²) in [5.41, 5.74) is 0.756. The number of carboxylic acids is 1. The summed E-state index contributed by atoms with van der Waals surface area (Å²) >= 11 is 0. The van der Waals surface area contributed by atoms with Gasteiger partial charge >= 0.3 is 5.97 Å². The van der Waals surface area contributed by atoms with Crippen molar-refractivity contribution in [2.24, 2.45) is 5.41 Å². The Morgan fingerprint density at radius 1 is 1.32 bits per heavy atom. The van der Waals surface area contributed by atoms with E-state index >= 15 is 0 Å². The molecule has 0 amide bonds. The Morgan fingerprint density at radius 3 is 2.74 bits per heavy atom. The number of hydrogen-bond acceptors (Lipinski definition) is 4. The summed E-state index contributed by atoms with van der Waals surface area (Å²) in [4.78, 5) is 23.7. The fourth-order valence-corrected chi connectivity index (χ4v) is 1.63. The minimum Gasteiger partial charge on any atom is -0.481 e. The van der Waals surface area contributed by atoms with Gasteiger partial charge in [-0.3, -0.25) is 9.78 Å². The number of pyridine rings is 1. The van der Waals surface area contributed by atoms with Crippen LogP contribution in [-0.2, 0) is 11.2 Å². The molecule has 0 bridgehead atoms. The second-order valence-electron chi connectivity index (χ2n) is 4.97. The van der Waals surface area contributed by atoms with Crippen molar-refractivity contribution in [2.75, 3.05) is 0 Å². The Hall–Kier alpha value is -2.30. The standard InChI is InChI=1S/C14H15N3O2/c1-14(2,13(18)19)8-12-16-7-5-11(17-12)10-4-3-6-15-9-10/h3-7,9H,8H2,1-2H3,(H,18,19). The van der Waals surface area contributed by atoms with Crippen LogP contribution >= 0.6 is 0 Å². The lowest BCUT2D eigenvalue weighted by Gasteiger charge is -2.17. The molecule has 0 saturated heterocycles. The van der Waals surface area contributed by atoms with E-state index in [1.165, 1.54) is 0 Å². The average Bonchev–Trinajstić information content (AvgIpc) is 2.39. The van der Waals surface area contributed by atoms with Crippen LogP contribution in [0.4, 0.5) is 0 Å². The van der Waals surface area contributed by atoms with Crippen LogP contribution in [0.2, 0.25) is 0 Å². The van der Waals surface area contributed by atoms with Gasteiger partial charge in [0.25, 0.3) is 0 Å². The molecule has 0 aliphatic rings. The van der Waals surface area contributed by atoms with Gasteiger partial charge < -0.3 is 5.11 Å². The van der Waals surface area contributed by atoms with Gasteiger partial charge in [-0.2, -0.15) is 0 Å². The summed E-state index contributed by atoms with van der Waals surface area (Å²) in [6, 6.07) is 5.52. The maximum absolute atomic E-state index is 11.1.